The van der Waals surface area contributed by atoms with Crippen LogP contribution in [-0.4, -0.2) is 18.1 Å². The van der Waals surface area contributed by atoms with Gasteiger partial charge in [-0.2, -0.15) is 0 Å². The number of benzene rings is 1. The summed E-state index contributed by atoms with van der Waals surface area (Å²) in [7, 11) is 0. The molecule has 0 spiro atoms. The van der Waals surface area contributed by atoms with Crippen molar-refractivity contribution in [2.24, 2.45) is 5.73 Å². The van der Waals surface area contributed by atoms with Crippen molar-refractivity contribution in [3.63, 3.8) is 0 Å². The van der Waals surface area contributed by atoms with E-state index in [4.69, 9.17) is 5.73 Å². The van der Waals surface area contributed by atoms with Gasteiger partial charge in [0.05, 0.1) is 0 Å². The highest BCUT2D eigenvalue weighted by Crippen LogP contribution is 2.24. The summed E-state index contributed by atoms with van der Waals surface area (Å²) >= 11 is 0. The molecule has 0 aliphatic carbocycles. The van der Waals surface area contributed by atoms with E-state index in [-0.39, 0.29) is 0 Å². The molecule has 0 aliphatic heterocycles. The highest BCUT2D eigenvalue weighted by Gasteiger charge is 2.10. The number of nitrogens with zero attached hydrogens (tertiary/aromatic N) is 2. The zero-order valence-corrected chi connectivity index (χ0v) is 11.6. The molecule has 1 heterocycles. The van der Waals surface area contributed by atoms with Gasteiger partial charge in [0.15, 0.2) is 0 Å². The topological polar surface area (TPSA) is 42.1 Å². The predicted octanol–water partition coefficient (Wildman–Crippen LogP) is 3.19. The van der Waals surface area contributed by atoms with Crippen molar-refractivity contribution in [2.75, 3.05) is 18.0 Å². The molecule has 1 aromatic heterocycles. The summed E-state index contributed by atoms with van der Waals surface area (Å²) in [4.78, 5) is 6.85. The molecular weight excluding hydrogens is 234 g/mol. The first kappa shape index (κ1) is 13.6. The monoisotopic (exact) mass is 255 g/mol. The van der Waals surface area contributed by atoms with Crippen LogP contribution in [0.5, 0.6) is 0 Å². The zero-order valence-electron chi connectivity index (χ0n) is 11.6. The molecule has 0 radical (unpaired) electrons. The molecule has 19 heavy (non-hydrogen) atoms. The highest BCUT2D eigenvalue weighted by molar-refractivity contribution is 5.60. The molecule has 0 fully saturated rings. The van der Waals surface area contributed by atoms with E-state index in [1.807, 2.05) is 25.1 Å². The molecule has 0 amide bonds. The number of aryl methyl sites for hydroxylation is 2. The van der Waals surface area contributed by atoms with Gasteiger partial charge in [-0.1, -0.05) is 18.2 Å². The summed E-state index contributed by atoms with van der Waals surface area (Å²) in [6.07, 6.45) is 0.948. The third kappa shape index (κ3) is 3.55. The van der Waals surface area contributed by atoms with Crippen molar-refractivity contribution in [1.29, 1.82) is 0 Å². The van der Waals surface area contributed by atoms with Crippen LogP contribution in [0.25, 0.3) is 0 Å². The third-order valence-corrected chi connectivity index (χ3v) is 3.05. The van der Waals surface area contributed by atoms with E-state index in [9.17, 15) is 0 Å². The van der Waals surface area contributed by atoms with E-state index < -0.39 is 0 Å². The van der Waals surface area contributed by atoms with E-state index in [0.29, 0.717) is 6.54 Å². The Labute approximate surface area is 115 Å². The van der Waals surface area contributed by atoms with Crippen LogP contribution in [0.3, 0.4) is 0 Å². The number of hydrogen-bond donors (Lipinski definition) is 1. The molecule has 2 aromatic rings. The lowest BCUT2D eigenvalue weighted by molar-refractivity contribution is 0.808. The van der Waals surface area contributed by atoms with Gasteiger partial charge in [0.2, 0.25) is 0 Å². The van der Waals surface area contributed by atoms with Gasteiger partial charge in [0.25, 0.3) is 0 Å². The van der Waals surface area contributed by atoms with Crippen LogP contribution >= 0.6 is 0 Å². The molecular formula is C16H21N3. The van der Waals surface area contributed by atoms with Crippen molar-refractivity contribution >= 4 is 11.5 Å². The zero-order chi connectivity index (χ0) is 13.7. The Morgan fingerprint density at radius 2 is 1.89 bits per heavy atom. The minimum absolute atomic E-state index is 0.689. The van der Waals surface area contributed by atoms with Crippen LogP contribution in [0.4, 0.5) is 11.5 Å². The fraction of sp³-hybridized carbons (Fsp3) is 0.312. The molecule has 0 aliphatic rings. The number of rotatable bonds is 5. The molecule has 2 rings (SSSR count). The number of hydrogen-bond acceptors (Lipinski definition) is 3. The minimum atomic E-state index is 0.689. The maximum absolute atomic E-state index is 5.65. The first-order valence-corrected chi connectivity index (χ1v) is 6.68. The molecule has 1 aromatic carbocycles. The SMILES string of the molecule is Cc1cccc(N(CCCN)c2cccc(C)n2)c1. The lowest BCUT2D eigenvalue weighted by Gasteiger charge is -2.24. The summed E-state index contributed by atoms with van der Waals surface area (Å²) in [5.74, 6) is 0.985. The van der Waals surface area contributed by atoms with Crippen molar-refractivity contribution < 1.29 is 0 Å². The van der Waals surface area contributed by atoms with Gasteiger partial charge >= 0.3 is 0 Å². The first-order chi connectivity index (χ1) is 9.20. The van der Waals surface area contributed by atoms with Gasteiger partial charge in [-0.25, -0.2) is 4.98 Å². The van der Waals surface area contributed by atoms with Crippen LogP contribution < -0.4 is 10.6 Å². The van der Waals surface area contributed by atoms with Gasteiger partial charge in [-0.15, -0.1) is 0 Å². The molecule has 0 saturated carbocycles. The molecule has 3 nitrogen and oxygen atoms in total. The predicted molar refractivity (Wildman–Crippen MR) is 80.8 cm³/mol. The number of aromatic nitrogens is 1. The number of pyridine rings is 1. The minimum Gasteiger partial charge on any atom is -0.330 e. The van der Waals surface area contributed by atoms with Crippen LogP contribution in [0.1, 0.15) is 17.7 Å². The lowest BCUT2D eigenvalue weighted by atomic mass is 10.2. The second kappa shape index (κ2) is 6.34. The Kier molecular flexibility index (Phi) is 4.53. The summed E-state index contributed by atoms with van der Waals surface area (Å²) in [5, 5.41) is 0. The van der Waals surface area contributed by atoms with Crippen LogP contribution in [-0.2, 0) is 0 Å². The summed E-state index contributed by atoms with van der Waals surface area (Å²) in [5.41, 5.74) is 9.10. The van der Waals surface area contributed by atoms with E-state index >= 15 is 0 Å². The van der Waals surface area contributed by atoms with Crippen molar-refractivity contribution in [3.8, 4) is 0 Å². The smallest absolute Gasteiger partial charge is 0.133 e. The van der Waals surface area contributed by atoms with E-state index in [1.54, 1.807) is 0 Å². The Bertz CT molecular complexity index is 492. The fourth-order valence-electron chi connectivity index (χ4n) is 2.10. The maximum Gasteiger partial charge on any atom is 0.133 e. The highest BCUT2D eigenvalue weighted by atomic mass is 15.2. The summed E-state index contributed by atoms with van der Waals surface area (Å²) in [6, 6.07) is 14.6. The molecule has 2 N–H and O–H groups in total. The van der Waals surface area contributed by atoms with E-state index in [1.165, 1.54) is 11.3 Å². The van der Waals surface area contributed by atoms with Gasteiger partial charge in [-0.3, -0.25) is 0 Å². The molecule has 0 atom stereocenters. The average Bonchev–Trinajstić information content (AvgIpc) is 2.39. The van der Waals surface area contributed by atoms with E-state index in [0.717, 1.165) is 24.5 Å². The van der Waals surface area contributed by atoms with Crippen LogP contribution in [0.15, 0.2) is 42.5 Å². The number of anilines is 2. The molecule has 3 heteroatoms. The first-order valence-electron chi connectivity index (χ1n) is 6.68. The van der Waals surface area contributed by atoms with E-state index in [2.05, 4.69) is 41.1 Å². The molecule has 0 bridgehead atoms. The van der Waals surface area contributed by atoms with Crippen LogP contribution in [0.2, 0.25) is 0 Å². The van der Waals surface area contributed by atoms with Gasteiger partial charge in [0.1, 0.15) is 5.82 Å². The normalized spacial score (nSPS) is 10.5. The number of nitrogens with two attached hydrogens (primary N) is 1. The Hall–Kier alpha value is -1.87. The van der Waals surface area contributed by atoms with Crippen molar-refractivity contribution in [2.45, 2.75) is 20.3 Å². The Balaban J connectivity index is 2.35. The Morgan fingerprint density at radius 1 is 1.11 bits per heavy atom. The van der Waals surface area contributed by atoms with Gasteiger partial charge in [0, 0.05) is 17.9 Å². The van der Waals surface area contributed by atoms with Gasteiger partial charge in [-0.05, 0) is 56.6 Å². The average molecular weight is 255 g/mol. The molecule has 0 saturated heterocycles. The second-order valence-electron chi connectivity index (χ2n) is 4.77. The van der Waals surface area contributed by atoms with Crippen molar-refractivity contribution in [1.82, 2.24) is 4.98 Å². The second-order valence-corrected chi connectivity index (χ2v) is 4.77. The third-order valence-electron chi connectivity index (χ3n) is 3.05. The fourth-order valence-corrected chi connectivity index (χ4v) is 2.10. The molecule has 100 valence electrons. The quantitative estimate of drug-likeness (QED) is 0.892. The Morgan fingerprint density at radius 3 is 2.58 bits per heavy atom. The maximum atomic E-state index is 5.65. The summed E-state index contributed by atoms with van der Waals surface area (Å²) < 4.78 is 0. The van der Waals surface area contributed by atoms with Gasteiger partial charge < -0.3 is 10.6 Å². The lowest BCUT2D eigenvalue weighted by Crippen LogP contribution is -2.22. The van der Waals surface area contributed by atoms with Crippen molar-refractivity contribution in [3.05, 3.63) is 53.7 Å². The standard InChI is InChI=1S/C16H21N3/c1-13-6-3-8-15(12-13)19(11-5-10-17)16-9-4-7-14(2)18-16/h3-4,6-9,12H,5,10-11,17H2,1-2H3. The molecule has 0 unspecified atom stereocenters. The summed E-state index contributed by atoms with van der Waals surface area (Å²) in [6.45, 7) is 5.69. The van der Waals surface area contributed by atoms with Crippen LogP contribution in [0, 0.1) is 13.8 Å². The largest absolute Gasteiger partial charge is 0.330 e.